The first kappa shape index (κ1) is 16.1. The normalized spacial score (nSPS) is 10.5. The van der Waals surface area contributed by atoms with Crippen LogP contribution in [0.2, 0.25) is 0 Å². The van der Waals surface area contributed by atoms with Gasteiger partial charge in [-0.2, -0.15) is 0 Å². The standard InChI is InChI=1S/C14H8O3S.C3H8O/c15-13-9-3-1-2-4-11(9)18-12-6-5-8(14(16)17)7-10(12)13;1-3(2)4/h1-7H,(H,16,17);3-4H,1-2H3. The maximum absolute atomic E-state index is 12.3. The van der Waals surface area contributed by atoms with Crippen molar-refractivity contribution < 1.29 is 15.0 Å². The van der Waals surface area contributed by atoms with E-state index in [1.165, 1.54) is 23.5 Å². The number of rotatable bonds is 1. The number of carbonyl (C=O) groups is 1. The zero-order valence-corrected chi connectivity index (χ0v) is 13.1. The quantitative estimate of drug-likeness (QED) is 0.674. The van der Waals surface area contributed by atoms with Crippen LogP contribution in [0.4, 0.5) is 0 Å². The number of aliphatic hydroxyl groups is 1. The van der Waals surface area contributed by atoms with Crippen LogP contribution in [0.1, 0.15) is 24.2 Å². The van der Waals surface area contributed by atoms with Gasteiger partial charge in [-0.3, -0.25) is 4.79 Å². The van der Waals surface area contributed by atoms with Gasteiger partial charge in [-0.15, -0.1) is 11.3 Å². The number of hydrogen-bond donors (Lipinski definition) is 2. The average molecular weight is 316 g/mol. The van der Waals surface area contributed by atoms with Crippen LogP contribution < -0.4 is 5.43 Å². The van der Waals surface area contributed by atoms with Crippen LogP contribution in [-0.2, 0) is 0 Å². The maximum atomic E-state index is 12.3. The molecule has 0 aliphatic carbocycles. The van der Waals surface area contributed by atoms with E-state index in [9.17, 15) is 9.59 Å². The summed E-state index contributed by atoms with van der Waals surface area (Å²) in [5.41, 5.74) is 0.0320. The zero-order valence-electron chi connectivity index (χ0n) is 12.2. The van der Waals surface area contributed by atoms with E-state index in [4.69, 9.17) is 10.2 Å². The summed E-state index contributed by atoms with van der Waals surface area (Å²) < 4.78 is 1.72. The van der Waals surface area contributed by atoms with Gasteiger partial charge >= 0.3 is 5.97 Å². The van der Waals surface area contributed by atoms with Gasteiger partial charge in [0, 0.05) is 26.3 Å². The molecule has 2 N–H and O–H groups in total. The van der Waals surface area contributed by atoms with Crippen molar-refractivity contribution in [3.8, 4) is 0 Å². The van der Waals surface area contributed by atoms with Crippen molar-refractivity contribution in [1.82, 2.24) is 0 Å². The van der Waals surface area contributed by atoms with Gasteiger partial charge < -0.3 is 10.2 Å². The van der Waals surface area contributed by atoms with Crippen molar-refractivity contribution in [2.24, 2.45) is 0 Å². The monoisotopic (exact) mass is 316 g/mol. The van der Waals surface area contributed by atoms with Crippen LogP contribution >= 0.6 is 11.3 Å². The lowest BCUT2D eigenvalue weighted by molar-refractivity contribution is 0.0697. The van der Waals surface area contributed by atoms with Crippen LogP contribution in [0, 0.1) is 0 Å². The molecule has 0 aliphatic heterocycles. The molecule has 114 valence electrons. The van der Waals surface area contributed by atoms with E-state index >= 15 is 0 Å². The molecule has 0 amide bonds. The molecule has 3 aromatic rings. The predicted molar refractivity (Wildman–Crippen MR) is 89.9 cm³/mol. The highest BCUT2D eigenvalue weighted by Gasteiger charge is 2.09. The van der Waals surface area contributed by atoms with Gasteiger partial charge in [0.25, 0.3) is 0 Å². The summed E-state index contributed by atoms with van der Waals surface area (Å²) >= 11 is 1.49. The lowest BCUT2D eigenvalue weighted by Crippen LogP contribution is -2.03. The molecule has 5 heteroatoms. The second kappa shape index (κ2) is 6.68. The van der Waals surface area contributed by atoms with Crippen LogP contribution in [0.5, 0.6) is 0 Å². The summed E-state index contributed by atoms with van der Waals surface area (Å²) in [7, 11) is 0. The summed E-state index contributed by atoms with van der Waals surface area (Å²) in [6.45, 7) is 3.44. The number of benzene rings is 2. The molecule has 0 fully saturated rings. The van der Waals surface area contributed by atoms with E-state index < -0.39 is 5.97 Å². The van der Waals surface area contributed by atoms with Crippen molar-refractivity contribution >= 4 is 37.5 Å². The first-order valence-corrected chi connectivity index (χ1v) is 7.58. The molecule has 0 saturated carbocycles. The number of hydrogen-bond acceptors (Lipinski definition) is 4. The van der Waals surface area contributed by atoms with E-state index in [2.05, 4.69) is 0 Å². The SMILES string of the molecule is CC(C)O.O=C(O)c1ccc2sc3ccccc3c(=O)c2c1. The van der Waals surface area contributed by atoms with Gasteiger partial charge in [-0.05, 0) is 44.2 Å². The lowest BCUT2D eigenvalue weighted by Gasteiger charge is -2.01. The van der Waals surface area contributed by atoms with Gasteiger partial charge in [0.1, 0.15) is 0 Å². The lowest BCUT2D eigenvalue weighted by atomic mass is 10.1. The fourth-order valence-corrected chi connectivity index (χ4v) is 2.99. The fourth-order valence-electron chi connectivity index (χ4n) is 1.94. The van der Waals surface area contributed by atoms with Gasteiger partial charge in [0.2, 0.25) is 0 Å². The molecule has 1 heterocycles. The molecule has 1 aromatic heterocycles. The first-order chi connectivity index (χ1) is 10.4. The Morgan fingerprint density at radius 3 is 2.27 bits per heavy atom. The minimum Gasteiger partial charge on any atom is -0.478 e. The smallest absolute Gasteiger partial charge is 0.335 e. The molecule has 0 bridgehead atoms. The largest absolute Gasteiger partial charge is 0.478 e. The minimum absolute atomic E-state index is 0.109. The molecule has 0 spiro atoms. The van der Waals surface area contributed by atoms with Crippen LogP contribution in [-0.4, -0.2) is 22.3 Å². The molecule has 0 unspecified atom stereocenters. The molecular weight excluding hydrogens is 300 g/mol. The van der Waals surface area contributed by atoms with E-state index in [1.54, 1.807) is 26.0 Å². The minimum atomic E-state index is -1.02. The highest BCUT2D eigenvalue weighted by Crippen LogP contribution is 2.24. The topological polar surface area (TPSA) is 74.6 Å². The second-order valence-corrected chi connectivity index (χ2v) is 6.12. The number of aliphatic hydroxyl groups excluding tert-OH is 1. The third-order valence-electron chi connectivity index (χ3n) is 2.82. The highest BCUT2D eigenvalue weighted by molar-refractivity contribution is 7.24. The second-order valence-electron chi connectivity index (χ2n) is 5.04. The Morgan fingerprint density at radius 1 is 1.05 bits per heavy atom. The number of fused-ring (bicyclic) bond motifs is 2. The Morgan fingerprint density at radius 2 is 1.64 bits per heavy atom. The summed E-state index contributed by atoms with van der Waals surface area (Å²) in [4.78, 5) is 23.2. The van der Waals surface area contributed by atoms with Gasteiger partial charge in [0.15, 0.2) is 5.43 Å². The molecule has 0 atom stereocenters. The molecule has 3 rings (SSSR count). The summed E-state index contributed by atoms with van der Waals surface area (Å²) in [6, 6.07) is 12.0. The Bertz CT molecular complexity index is 878. The van der Waals surface area contributed by atoms with E-state index in [0.29, 0.717) is 10.8 Å². The highest BCUT2D eigenvalue weighted by atomic mass is 32.1. The van der Waals surface area contributed by atoms with Gasteiger partial charge in [-0.1, -0.05) is 12.1 Å². The third kappa shape index (κ3) is 3.50. The number of carboxylic acids is 1. The molecule has 22 heavy (non-hydrogen) atoms. The van der Waals surface area contributed by atoms with Crippen LogP contribution in [0.15, 0.2) is 47.3 Å². The predicted octanol–water partition coefficient (Wildman–Crippen LogP) is 3.50. The summed E-state index contributed by atoms with van der Waals surface area (Å²) in [6.07, 6.45) is -0.167. The molecule has 4 nitrogen and oxygen atoms in total. The maximum Gasteiger partial charge on any atom is 0.335 e. The van der Waals surface area contributed by atoms with E-state index in [-0.39, 0.29) is 17.1 Å². The summed E-state index contributed by atoms with van der Waals surface area (Å²) in [5, 5.41) is 18.1. The zero-order chi connectivity index (χ0) is 16.3. The molecule has 0 radical (unpaired) electrons. The average Bonchev–Trinajstić information content (AvgIpc) is 2.46. The van der Waals surface area contributed by atoms with Crippen molar-refractivity contribution in [2.45, 2.75) is 20.0 Å². The van der Waals surface area contributed by atoms with Crippen LogP contribution in [0.25, 0.3) is 20.2 Å². The van der Waals surface area contributed by atoms with E-state index in [1.807, 2.05) is 18.2 Å². The van der Waals surface area contributed by atoms with Crippen molar-refractivity contribution in [3.63, 3.8) is 0 Å². The molecule has 0 aliphatic rings. The first-order valence-electron chi connectivity index (χ1n) is 6.77. The van der Waals surface area contributed by atoms with Crippen molar-refractivity contribution in [1.29, 1.82) is 0 Å². The molecule has 2 aromatic carbocycles. The van der Waals surface area contributed by atoms with Crippen molar-refractivity contribution in [3.05, 3.63) is 58.3 Å². The Hall–Kier alpha value is -2.24. The number of aromatic carboxylic acids is 1. The van der Waals surface area contributed by atoms with Crippen LogP contribution in [0.3, 0.4) is 0 Å². The number of carboxylic acid groups (broad SMARTS) is 1. The van der Waals surface area contributed by atoms with Gasteiger partial charge in [-0.25, -0.2) is 4.79 Å². The van der Waals surface area contributed by atoms with E-state index in [0.717, 1.165) is 9.40 Å². The van der Waals surface area contributed by atoms with Gasteiger partial charge in [0.05, 0.1) is 5.56 Å². The Balaban J connectivity index is 0.000000396. The molecular formula is C17H16O4S. The summed E-state index contributed by atoms with van der Waals surface area (Å²) in [5.74, 6) is -1.02. The Kier molecular flexibility index (Phi) is 4.90. The Labute approximate surface area is 131 Å². The third-order valence-corrected chi connectivity index (χ3v) is 3.97. The van der Waals surface area contributed by atoms with Crippen molar-refractivity contribution in [2.75, 3.05) is 0 Å². The fraction of sp³-hybridized carbons (Fsp3) is 0.176. The molecule has 0 saturated heterocycles.